The van der Waals surface area contributed by atoms with E-state index in [9.17, 15) is 4.79 Å². The van der Waals surface area contributed by atoms with Gasteiger partial charge in [-0.15, -0.1) is 0 Å². The van der Waals surface area contributed by atoms with Gasteiger partial charge in [-0.25, -0.2) is 4.98 Å². The summed E-state index contributed by atoms with van der Waals surface area (Å²) in [5.74, 6) is 0.876. The van der Waals surface area contributed by atoms with Crippen molar-refractivity contribution in [3.8, 4) is 11.6 Å². The number of halogens is 2. The Morgan fingerprint density at radius 2 is 2.03 bits per heavy atom. The minimum atomic E-state index is -0.438. The first-order valence-corrected chi connectivity index (χ1v) is 12.0. The second kappa shape index (κ2) is 11.0. The molecule has 0 radical (unpaired) electrons. The Labute approximate surface area is 211 Å². The van der Waals surface area contributed by atoms with E-state index in [2.05, 4.69) is 41.8 Å². The van der Waals surface area contributed by atoms with E-state index in [1.54, 1.807) is 18.2 Å². The topological polar surface area (TPSA) is 97.4 Å². The van der Waals surface area contributed by atoms with Gasteiger partial charge in [0, 0.05) is 16.4 Å². The van der Waals surface area contributed by atoms with Crippen LogP contribution in [0.5, 0.6) is 11.6 Å². The van der Waals surface area contributed by atoms with Crippen LogP contribution >= 0.6 is 27.5 Å². The van der Waals surface area contributed by atoms with Gasteiger partial charge in [0.05, 0.1) is 17.8 Å². The first kappa shape index (κ1) is 24.3. The summed E-state index contributed by atoms with van der Waals surface area (Å²) in [6.07, 6.45) is 3.65. The van der Waals surface area contributed by atoms with E-state index in [-0.39, 0.29) is 17.5 Å². The quantitative estimate of drug-likeness (QED) is 0.368. The average molecular weight is 547 g/mol. The van der Waals surface area contributed by atoms with Crippen LogP contribution < -0.4 is 25.4 Å². The number of aromatic nitrogens is 2. The number of anilines is 3. The number of amides is 1. The maximum Gasteiger partial charge on any atom is 0.262 e. The van der Waals surface area contributed by atoms with Crippen molar-refractivity contribution in [3.63, 3.8) is 0 Å². The third-order valence-electron chi connectivity index (χ3n) is 5.40. The predicted octanol–water partition coefficient (Wildman–Crippen LogP) is 5.34. The van der Waals surface area contributed by atoms with E-state index in [0.29, 0.717) is 21.1 Å². The Kier molecular flexibility index (Phi) is 7.87. The maximum absolute atomic E-state index is 12.8. The lowest BCUT2D eigenvalue weighted by Crippen LogP contribution is -2.34. The Bertz CT molecular complexity index is 1170. The van der Waals surface area contributed by atoms with Gasteiger partial charge in [0.25, 0.3) is 5.91 Å². The van der Waals surface area contributed by atoms with Crippen LogP contribution in [0.4, 0.5) is 17.3 Å². The minimum Gasteiger partial charge on any atom is -0.490 e. The van der Waals surface area contributed by atoms with E-state index < -0.39 is 5.91 Å². The summed E-state index contributed by atoms with van der Waals surface area (Å²) >= 11 is 9.59. The van der Waals surface area contributed by atoms with Crippen LogP contribution in [0.1, 0.15) is 28.8 Å². The fourth-order valence-electron chi connectivity index (χ4n) is 3.62. The normalized spacial score (nSPS) is 13.9. The molecule has 1 saturated heterocycles. The van der Waals surface area contributed by atoms with Crippen LogP contribution in [-0.2, 0) is 0 Å². The number of piperidine rings is 1. The zero-order valence-corrected chi connectivity index (χ0v) is 21.2. The zero-order valence-electron chi connectivity index (χ0n) is 18.8. The van der Waals surface area contributed by atoms with Gasteiger partial charge in [-0.3, -0.25) is 4.79 Å². The molecule has 3 aromatic rings. The smallest absolute Gasteiger partial charge is 0.262 e. The number of aryl methyl sites for hydroxylation is 1. The van der Waals surface area contributed by atoms with Crippen molar-refractivity contribution >= 4 is 50.8 Å². The van der Waals surface area contributed by atoms with Crippen LogP contribution in [0.3, 0.4) is 0 Å². The summed E-state index contributed by atoms with van der Waals surface area (Å²) in [6.45, 7) is 3.96. The fraction of sp³-hybridized carbons (Fsp3) is 0.292. The number of nitrogens with zero attached hydrogens (tertiary/aromatic N) is 2. The summed E-state index contributed by atoms with van der Waals surface area (Å²) < 4.78 is 12.2. The Hall–Kier alpha value is -2.88. The van der Waals surface area contributed by atoms with Gasteiger partial charge in [0.1, 0.15) is 17.4 Å². The molecule has 4 rings (SSSR count). The molecule has 1 aromatic heterocycles. The monoisotopic (exact) mass is 545 g/mol. The van der Waals surface area contributed by atoms with Crippen molar-refractivity contribution in [3.05, 3.63) is 63.2 Å². The first-order valence-electron chi connectivity index (χ1n) is 10.9. The van der Waals surface area contributed by atoms with Crippen LogP contribution in [0, 0.1) is 6.92 Å². The number of methoxy groups -OCH3 is 1. The summed E-state index contributed by atoms with van der Waals surface area (Å²) in [4.78, 5) is 21.5. The molecule has 2 heterocycles. The van der Waals surface area contributed by atoms with E-state index in [1.165, 1.54) is 13.3 Å². The van der Waals surface area contributed by atoms with Crippen molar-refractivity contribution in [2.45, 2.75) is 25.9 Å². The van der Waals surface area contributed by atoms with E-state index in [0.717, 1.165) is 42.9 Å². The van der Waals surface area contributed by atoms with Crippen LogP contribution in [-0.4, -0.2) is 42.2 Å². The highest BCUT2D eigenvalue weighted by molar-refractivity contribution is 9.10. The summed E-state index contributed by atoms with van der Waals surface area (Å²) in [5.41, 5.74) is 2.45. The Morgan fingerprint density at radius 1 is 1.24 bits per heavy atom. The molecular formula is C24H25BrClN5O3. The number of carbonyl (C=O) groups is 1. The van der Waals surface area contributed by atoms with Gasteiger partial charge in [-0.2, -0.15) is 4.98 Å². The Morgan fingerprint density at radius 3 is 2.74 bits per heavy atom. The first-order chi connectivity index (χ1) is 16.4. The molecular weight excluding hydrogens is 522 g/mol. The number of benzene rings is 2. The largest absolute Gasteiger partial charge is 0.490 e. The maximum atomic E-state index is 12.8. The third kappa shape index (κ3) is 5.78. The predicted molar refractivity (Wildman–Crippen MR) is 137 cm³/mol. The molecule has 8 nitrogen and oxygen atoms in total. The van der Waals surface area contributed by atoms with Crippen molar-refractivity contribution in [1.82, 2.24) is 15.3 Å². The number of carbonyl (C=O) groups excluding carboxylic acids is 1. The molecule has 10 heteroatoms. The number of hydrogen-bond donors (Lipinski definition) is 3. The van der Waals surface area contributed by atoms with E-state index in [4.69, 9.17) is 21.1 Å². The molecule has 0 bridgehead atoms. The van der Waals surface area contributed by atoms with E-state index >= 15 is 0 Å². The van der Waals surface area contributed by atoms with Gasteiger partial charge in [0.2, 0.25) is 11.8 Å². The van der Waals surface area contributed by atoms with Crippen LogP contribution in [0.25, 0.3) is 0 Å². The highest BCUT2D eigenvalue weighted by Gasteiger charge is 2.19. The number of para-hydroxylation sites is 1. The van der Waals surface area contributed by atoms with Gasteiger partial charge < -0.3 is 25.4 Å². The molecule has 1 aliphatic heterocycles. The molecule has 0 atom stereocenters. The van der Waals surface area contributed by atoms with Gasteiger partial charge in [0.15, 0.2) is 0 Å². The molecule has 2 aromatic carbocycles. The second-order valence-corrected chi connectivity index (χ2v) is 9.10. The van der Waals surface area contributed by atoms with E-state index in [1.807, 2.05) is 25.1 Å². The minimum absolute atomic E-state index is 0.140. The lowest BCUT2D eigenvalue weighted by atomic mass is 10.1. The summed E-state index contributed by atoms with van der Waals surface area (Å²) in [5, 5.41) is 9.67. The van der Waals surface area contributed by atoms with Crippen molar-refractivity contribution in [2.24, 2.45) is 0 Å². The number of nitrogens with one attached hydrogen (secondary N) is 3. The lowest BCUT2D eigenvalue weighted by molar-refractivity contribution is 0.102. The molecule has 0 spiro atoms. The second-order valence-electron chi connectivity index (χ2n) is 7.84. The lowest BCUT2D eigenvalue weighted by Gasteiger charge is -2.24. The fourth-order valence-corrected chi connectivity index (χ4v) is 4.42. The van der Waals surface area contributed by atoms with Gasteiger partial charge in [-0.1, -0.05) is 17.7 Å². The molecule has 3 N–H and O–H groups in total. The van der Waals surface area contributed by atoms with Crippen molar-refractivity contribution < 1.29 is 14.3 Å². The third-order valence-corrected chi connectivity index (χ3v) is 6.38. The standard InChI is InChI=1S/C24H25BrClN5O3/c1-14-12-15(6-7-20(14)34-16-8-10-27-11-9-16)29-24-28-13-17(23(31-24)33-2)22(32)30-21-18(25)4-3-5-19(21)26/h3-7,12-13,16,27H,8-11H2,1-2H3,(H,30,32)(H,28,29,31). The molecule has 178 valence electrons. The molecule has 1 aliphatic rings. The molecule has 0 saturated carbocycles. The summed E-state index contributed by atoms with van der Waals surface area (Å²) in [7, 11) is 1.45. The molecule has 0 unspecified atom stereocenters. The Balaban J connectivity index is 1.47. The molecule has 1 fully saturated rings. The van der Waals surface area contributed by atoms with Crippen LogP contribution in [0.2, 0.25) is 5.02 Å². The zero-order chi connectivity index (χ0) is 24.1. The molecule has 0 aliphatic carbocycles. The molecule has 1 amide bonds. The highest BCUT2D eigenvalue weighted by Crippen LogP contribution is 2.31. The van der Waals surface area contributed by atoms with Crippen molar-refractivity contribution in [1.29, 1.82) is 0 Å². The van der Waals surface area contributed by atoms with Crippen LogP contribution in [0.15, 0.2) is 47.1 Å². The number of ether oxygens (including phenoxy) is 2. The molecule has 34 heavy (non-hydrogen) atoms. The van der Waals surface area contributed by atoms with Gasteiger partial charge in [-0.05, 0) is 84.7 Å². The van der Waals surface area contributed by atoms with Crippen molar-refractivity contribution in [2.75, 3.05) is 30.8 Å². The summed E-state index contributed by atoms with van der Waals surface area (Å²) in [6, 6.07) is 11.1. The SMILES string of the molecule is COc1nc(Nc2ccc(OC3CCNCC3)c(C)c2)ncc1C(=O)Nc1c(Cl)cccc1Br. The number of hydrogen-bond acceptors (Lipinski definition) is 7. The van der Waals surface area contributed by atoms with Gasteiger partial charge >= 0.3 is 0 Å². The number of rotatable bonds is 7. The highest BCUT2D eigenvalue weighted by atomic mass is 79.9. The average Bonchev–Trinajstić information content (AvgIpc) is 2.83.